The Morgan fingerprint density at radius 2 is 1.73 bits per heavy atom. The van der Waals surface area contributed by atoms with Gasteiger partial charge in [0, 0.05) is 31.6 Å². The van der Waals surface area contributed by atoms with Gasteiger partial charge < -0.3 is 21.3 Å². The number of rotatable bonds is 13. The summed E-state index contributed by atoms with van der Waals surface area (Å²) in [5, 5.41) is 15.5. The van der Waals surface area contributed by atoms with Gasteiger partial charge in [-0.3, -0.25) is 23.9 Å². The molecule has 4 N–H and O–H groups in total. The Morgan fingerprint density at radius 1 is 1.00 bits per heavy atom. The van der Waals surface area contributed by atoms with E-state index < -0.39 is 35.6 Å². The summed E-state index contributed by atoms with van der Waals surface area (Å²) in [6.07, 6.45) is 8.53. The highest BCUT2D eigenvalue weighted by atomic mass is 19.1. The molecule has 2 fully saturated rings. The van der Waals surface area contributed by atoms with E-state index >= 15 is 4.39 Å². The van der Waals surface area contributed by atoms with Crippen molar-refractivity contribution in [3.8, 4) is 0 Å². The maximum atomic E-state index is 15.5. The summed E-state index contributed by atoms with van der Waals surface area (Å²) >= 11 is 0. The number of hydrogen-bond acceptors (Lipinski definition) is 5. The van der Waals surface area contributed by atoms with Gasteiger partial charge in [-0.15, -0.1) is 0 Å². The normalized spacial score (nSPS) is 20.5. The summed E-state index contributed by atoms with van der Waals surface area (Å²) < 4.78 is 17.1. The Kier molecular flexibility index (Phi) is 11.5. The van der Waals surface area contributed by atoms with Crippen molar-refractivity contribution in [2.45, 2.75) is 104 Å². The van der Waals surface area contributed by atoms with Crippen LogP contribution in [0.2, 0.25) is 0 Å². The van der Waals surface area contributed by atoms with Crippen molar-refractivity contribution >= 4 is 29.3 Å². The molecule has 0 bridgehead atoms. The molecule has 0 unspecified atom stereocenters. The zero-order valence-electron chi connectivity index (χ0n) is 26.3. The van der Waals surface area contributed by atoms with Gasteiger partial charge in [0.2, 0.25) is 17.7 Å². The van der Waals surface area contributed by atoms with E-state index in [1.165, 1.54) is 12.1 Å². The van der Waals surface area contributed by atoms with E-state index in [9.17, 15) is 19.2 Å². The number of aryl methyl sites for hydroxylation is 1. The molecule has 2 aliphatic carbocycles. The number of amides is 4. The van der Waals surface area contributed by atoms with Crippen molar-refractivity contribution < 1.29 is 23.6 Å². The molecule has 0 spiro atoms. The summed E-state index contributed by atoms with van der Waals surface area (Å²) in [6, 6.07) is 4.32. The molecule has 1 heterocycles. The molecular formula is C33H47FN6O4. The fourth-order valence-electron chi connectivity index (χ4n) is 6.07. The molecule has 2 aliphatic rings. The van der Waals surface area contributed by atoms with Crippen LogP contribution in [-0.4, -0.2) is 52.0 Å². The number of carbonyl (C=O) groups is 4. The lowest BCUT2D eigenvalue weighted by molar-refractivity contribution is -0.129. The average molecular weight is 611 g/mol. The zero-order chi connectivity index (χ0) is 31.8. The lowest BCUT2D eigenvalue weighted by Crippen LogP contribution is -2.50. The van der Waals surface area contributed by atoms with Crippen LogP contribution in [0.25, 0.3) is 0 Å². The fraction of sp³-hybridized carbons (Fsp3) is 0.606. The van der Waals surface area contributed by atoms with Crippen LogP contribution in [0, 0.1) is 23.6 Å². The van der Waals surface area contributed by atoms with Crippen LogP contribution in [-0.2, 0) is 20.9 Å². The number of anilines is 1. The monoisotopic (exact) mass is 610 g/mol. The SMILES string of the molecule is CCC(=O)N[C@@H](C(=O)NCC1CCC1)[C@@H](C)c1ccc(NC(=O)[C@@H](NC(=O)c2ccnn2CC)[C@H]2CC[C@H](C)CC2)c(F)c1. The number of carbonyl (C=O) groups excluding carboxylic acids is 4. The van der Waals surface area contributed by atoms with Crippen LogP contribution < -0.4 is 21.3 Å². The number of nitrogens with zero attached hydrogens (tertiary/aromatic N) is 2. The van der Waals surface area contributed by atoms with Crippen LogP contribution in [0.15, 0.2) is 30.5 Å². The third-order valence-corrected chi connectivity index (χ3v) is 9.34. The van der Waals surface area contributed by atoms with Crippen LogP contribution in [0.4, 0.5) is 10.1 Å². The van der Waals surface area contributed by atoms with Gasteiger partial charge in [0.25, 0.3) is 5.91 Å². The smallest absolute Gasteiger partial charge is 0.270 e. The predicted octanol–water partition coefficient (Wildman–Crippen LogP) is 4.52. The number of benzene rings is 1. The van der Waals surface area contributed by atoms with E-state index in [1.807, 2.05) is 6.92 Å². The highest BCUT2D eigenvalue weighted by Crippen LogP contribution is 2.32. The van der Waals surface area contributed by atoms with Gasteiger partial charge in [-0.1, -0.05) is 46.1 Å². The first-order valence-electron chi connectivity index (χ1n) is 16.1. The molecule has 1 aromatic heterocycles. The Bertz CT molecular complexity index is 1320. The highest BCUT2D eigenvalue weighted by Gasteiger charge is 2.34. The molecule has 2 aromatic rings. The second-order valence-corrected chi connectivity index (χ2v) is 12.5. The van der Waals surface area contributed by atoms with Gasteiger partial charge in [-0.2, -0.15) is 5.10 Å². The van der Waals surface area contributed by atoms with E-state index in [-0.39, 0.29) is 29.8 Å². The highest BCUT2D eigenvalue weighted by molar-refractivity contribution is 6.00. The van der Waals surface area contributed by atoms with Crippen molar-refractivity contribution in [1.29, 1.82) is 0 Å². The van der Waals surface area contributed by atoms with Crippen molar-refractivity contribution in [3.63, 3.8) is 0 Å². The standard InChI is InChI=1S/C33H47FN6O4/c1-5-28(41)38-29(32(43)35-19-22-8-7-9-22)21(4)24-14-15-26(25(34)18-24)37-33(44)30(23-12-10-20(3)11-13-23)39-31(42)27-16-17-36-40(27)6-2/h14-18,20-23,29-30H,5-13,19H2,1-4H3,(H,35,43)(H,37,44)(H,38,41)(H,39,42)/t20-,21-,23-,29+,30-/m0/s1. The molecule has 240 valence electrons. The van der Waals surface area contributed by atoms with Crippen LogP contribution in [0.5, 0.6) is 0 Å². The maximum Gasteiger partial charge on any atom is 0.270 e. The summed E-state index contributed by atoms with van der Waals surface area (Å²) in [5.74, 6) is -1.72. The summed E-state index contributed by atoms with van der Waals surface area (Å²) in [4.78, 5) is 52.2. The molecule has 4 rings (SSSR count). The first-order chi connectivity index (χ1) is 21.1. The zero-order valence-corrected chi connectivity index (χ0v) is 26.3. The lowest BCUT2D eigenvalue weighted by Gasteiger charge is -2.32. The Hall–Kier alpha value is -3.76. The molecule has 0 aliphatic heterocycles. The molecule has 44 heavy (non-hydrogen) atoms. The van der Waals surface area contributed by atoms with Gasteiger partial charge >= 0.3 is 0 Å². The van der Waals surface area contributed by atoms with E-state index in [4.69, 9.17) is 0 Å². The summed E-state index contributed by atoms with van der Waals surface area (Å²) in [7, 11) is 0. The number of aromatic nitrogens is 2. The van der Waals surface area contributed by atoms with Crippen molar-refractivity contribution in [1.82, 2.24) is 25.7 Å². The molecule has 0 saturated heterocycles. The number of nitrogens with one attached hydrogen (secondary N) is 4. The second-order valence-electron chi connectivity index (χ2n) is 12.5. The predicted molar refractivity (Wildman–Crippen MR) is 166 cm³/mol. The molecule has 2 saturated carbocycles. The molecule has 3 atom stereocenters. The fourth-order valence-corrected chi connectivity index (χ4v) is 6.07. The second kappa shape index (κ2) is 15.3. The molecular weight excluding hydrogens is 563 g/mol. The molecule has 11 heteroatoms. The molecule has 1 aromatic carbocycles. The van der Waals surface area contributed by atoms with E-state index in [1.54, 1.807) is 36.9 Å². The van der Waals surface area contributed by atoms with Crippen LogP contribution in [0.3, 0.4) is 0 Å². The van der Waals surface area contributed by atoms with Gasteiger partial charge in [0.05, 0.1) is 5.69 Å². The van der Waals surface area contributed by atoms with Crippen LogP contribution in [0.1, 0.15) is 101 Å². The summed E-state index contributed by atoms with van der Waals surface area (Å²) in [6.45, 7) is 8.61. The van der Waals surface area contributed by atoms with Crippen LogP contribution >= 0.6 is 0 Å². The molecule has 0 radical (unpaired) electrons. The van der Waals surface area contributed by atoms with Crippen molar-refractivity contribution in [2.75, 3.05) is 11.9 Å². The first-order valence-corrected chi connectivity index (χ1v) is 16.1. The van der Waals surface area contributed by atoms with E-state index in [0.717, 1.165) is 44.9 Å². The van der Waals surface area contributed by atoms with Gasteiger partial charge in [0.1, 0.15) is 23.6 Å². The summed E-state index contributed by atoms with van der Waals surface area (Å²) in [5.41, 5.74) is 0.858. The Balaban J connectivity index is 1.49. The van der Waals surface area contributed by atoms with Gasteiger partial charge in [-0.25, -0.2) is 4.39 Å². The van der Waals surface area contributed by atoms with Gasteiger partial charge in [-0.05, 0) is 74.1 Å². The van der Waals surface area contributed by atoms with Gasteiger partial charge in [0.15, 0.2) is 0 Å². The minimum atomic E-state index is -0.868. The largest absolute Gasteiger partial charge is 0.354 e. The maximum absolute atomic E-state index is 15.5. The molecule has 4 amide bonds. The third kappa shape index (κ3) is 8.24. The minimum absolute atomic E-state index is 0.0171. The third-order valence-electron chi connectivity index (χ3n) is 9.34. The Labute approximate surface area is 259 Å². The van der Waals surface area contributed by atoms with Crippen molar-refractivity contribution in [3.05, 3.63) is 47.5 Å². The molecule has 10 nitrogen and oxygen atoms in total. The first kappa shape index (κ1) is 33.1. The number of halogens is 1. The van der Waals surface area contributed by atoms with E-state index in [0.29, 0.717) is 36.2 Å². The number of hydrogen-bond donors (Lipinski definition) is 4. The lowest BCUT2D eigenvalue weighted by atomic mass is 9.79. The average Bonchev–Trinajstić information content (AvgIpc) is 3.48. The Morgan fingerprint density at radius 3 is 2.34 bits per heavy atom. The van der Waals surface area contributed by atoms with Crippen molar-refractivity contribution in [2.24, 2.45) is 17.8 Å². The topological polar surface area (TPSA) is 134 Å². The quantitative estimate of drug-likeness (QED) is 0.265. The van der Waals surface area contributed by atoms with E-state index in [2.05, 4.69) is 33.3 Å². The minimum Gasteiger partial charge on any atom is -0.354 e.